The van der Waals surface area contributed by atoms with Crippen LogP contribution in [0.4, 0.5) is 5.69 Å². The Morgan fingerprint density at radius 1 is 1.08 bits per heavy atom. The van der Waals surface area contributed by atoms with Gasteiger partial charge in [0, 0.05) is 24.3 Å². The van der Waals surface area contributed by atoms with Crippen LogP contribution in [0.2, 0.25) is 0 Å². The van der Waals surface area contributed by atoms with Crippen molar-refractivity contribution in [2.45, 2.75) is 32.8 Å². The summed E-state index contributed by atoms with van der Waals surface area (Å²) in [5, 5.41) is 2.82. The number of ether oxygens (including phenoxy) is 1. The molecule has 0 radical (unpaired) electrons. The quantitative estimate of drug-likeness (QED) is 0.894. The van der Waals surface area contributed by atoms with Crippen LogP contribution in [0, 0.1) is 6.92 Å². The van der Waals surface area contributed by atoms with Crippen molar-refractivity contribution in [3.63, 3.8) is 0 Å². The summed E-state index contributed by atoms with van der Waals surface area (Å²) < 4.78 is 5.68. The Morgan fingerprint density at radius 2 is 1.77 bits per heavy atom. The Bertz CT molecular complexity index is 780. The van der Waals surface area contributed by atoms with Gasteiger partial charge < -0.3 is 15.0 Å². The number of amides is 2. The highest BCUT2D eigenvalue weighted by Crippen LogP contribution is 2.18. The molecule has 1 N–H and O–H groups in total. The highest BCUT2D eigenvalue weighted by molar-refractivity contribution is 5.98. The zero-order valence-electron chi connectivity index (χ0n) is 15.2. The molecule has 3 rings (SSSR count). The number of rotatable bonds is 5. The smallest absolute Gasteiger partial charge is 0.265 e. The average Bonchev–Trinajstić information content (AvgIpc) is 3.18. The van der Waals surface area contributed by atoms with Gasteiger partial charge in [0.15, 0.2) is 6.10 Å². The van der Waals surface area contributed by atoms with Gasteiger partial charge in [0.05, 0.1) is 0 Å². The first-order valence-electron chi connectivity index (χ1n) is 8.96. The molecule has 0 aromatic heterocycles. The van der Waals surface area contributed by atoms with E-state index >= 15 is 0 Å². The SMILES string of the molecule is Cc1ccc(OC(C)C(=O)Nc2cccc(C(=O)N3CCCC3)c2)cc1. The van der Waals surface area contributed by atoms with Gasteiger partial charge in [0.25, 0.3) is 11.8 Å². The van der Waals surface area contributed by atoms with Crippen molar-refractivity contribution in [1.29, 1.82) is 0 Å². The van der Waals surface area contributed by atoms with Gasteiger partial charge in [-0.25, -0.2) is 0 Å². The fraction of sp³-hybridized carbons (Fsp3) is 0.333. The molecule has 1 aliphatic heterocycles. The van der Waals surface area contributed by atoms with Crippen LogP contribution in [0.3, 0.4) is 0 Å². The van der Waals surface area contributed by atoms with Crippen LogP contribution >= 0.6 is 0 Å². The highest BCUT2D eigenvalue weighted by atomic mass is 16.5. The normalized spacial score (nSPS) is 14.8. The number of benzene rings is 2. The minimum Gasteiger partial charge on any atom is -0.481 e. The lowest BCUT2D eigenvalue weighted by Gasteiger charge is -2.17. The highest BCUT2D eigenvalue weighted by Gasteiger charge is 2.20. The molecule has 0 spiro atoms. The van der Waals surface area contributed by atoms with E-state index in [2.05, 4.69) is 5.32 Å². The van der Waals surface area contributed by atoms with Gasteiger partial charge in [-0.1, -0.05) is 23.8 Å². The van der Waals surface area contributed by atoms with Gasteiger partial charge in [0.2, 0.25) is 0 Å². The number of anilines is 1. The second-order valence-corrected chi connectivity index (χ2v) is 6.64. The second kappa shape index (κ2) is 8.04. The molecule has 1 unspecified atom stereocenters. The predicted octanol–water partition coefficient (Wildman–Crippen LogP) is 3.64. The molecule has 1 atom stereocenters. The predicted molar refractivity (Wildman–Crippen MR) is 101 cm³/mol. The maximum atomic E-state index is 12.5. The number of carbonyl (C=O) groups is 2. The summed E-state index contributed by atoms with van der Waals surface area (Å²) in [6.07, 6.45) is 1.46. The fourth-order valence-corrected chi connectivity index (χ4v) is 2.95. The molecule has 1 heterocycles. The monoisotopic (exact) mass is 352 g/mol. The number of likely N-dealkylation sites (tertiary alicyclic amines) is 1. The van der Waals surface area contributed by atoms with Crippen LogP contribution in [0.5, 0.6) is 5.75 Å². The van der Waals surface area contributed by atoms with Crippen molar-refractivity contribution in [2.24, 2.45) is 0 Å². The molecule has 1 aliphatic rings. The summed E-state index contributed by atoms with van der Waals surface area (Å²) in [6, 6.07) is 14.6. The minimum absolute atomic E-state index is 0.0163. The average molecular weight is 352 g/mol. The Kier molecular flexibility index (Phi) is 5.56. The van der Waals surface area contributed by atoms with Crippen molar-refractivity contribution in [1.82, 2.24) is 4.90 Å². The van der Waals surface area contributed by atoms with Gasteiger partial charge in [-0.2, -0.15) is 0 Å². The third kappa shape index (κ3) is 4.42. The third-order valence-electron chi connectivity index (χ3n) is 4.47. The zero-order chi connectivity index (χ0) is 18.5. The van der Waals surface area contributed by atoms with Gasteiger partial charge in [-0.3, -0.25) is 9.59 Å². The minimum atomic E-state index is -0.643. The van der Waals surface area contributed by atoms with Gasteiger partial charge >= 0.3 is 0 Å². The summed E-state index contributed by atoms with van der Waals surface area (Å²) in [5.41, 5.74) is 2.32. The van der Waals surface area contributed by atoms with Gasteiger partial charge in [0.1, 0.15) is 5.75 Å². The zero-order valence-corrected chi connectivity index (χ0v) is 15.2. The second-order valence-electron chi connectivity index (χ2n) is 6.64. The Balaban J connectivity index is 1.62. The van der Waals surface area contributed by atoms with Crippen LogP contribution in [0.1, 0.15) is 35.7 Å². The molecule has 2 aromatic rings. The molecule has 0 bridgehead atoms. The number of carbonyl (C=O) groups excluding carboxylic acids is 2. The standard InChI is InChI=1S/C21H24N2O3/c1-15-8-10-19(11-9-15)26-16(2)20(24)22-18-7-5-6-17(14-18)21(25)23-12-3-4-13-23/h5-11,14,16H,3-4,12-13H2,1-2H3,(H,22,24). The van der Waals surface area contributed by atoms with E-state index in [1.54, 1.807) is 31.2 Å². The molecular formula is C21H24N2O3. The van der Waals surface area contributed by atoms with E-state index in [1.807, 2.05) is 36.1 Å². The van der Waals surface area contributed by atoms with E-state index in [9.17, 15) is 9.59 Å². The lowest BCUT2D eigenvalue weighted by atomic mass is 10.1. The van der Waals surface area contributed by atoms with E-state index in [0.717, 1.165) is 31.5 Å². The largest absolute Gasteiger partial charge is 0.481 e. The Hall–Kier alpha value is -2.82. The molecule has 2 aromatic carbocycles. The van der Waals surface area contributed by atoms with Crippen LogP contribution in [-0.4, -0.2) is 35.9 Å². The number of aryl methyl sites for hydroxylation is 1. The van der Waals surface area contributed by atoms with Crippen LogP contribution in [0.15, 0.2) is 48.5 Å². The summed E-state index contributed by atoms with van der Waals surface area (Å²) in [4.78, 5) is 26.7. The lowest BCUT2D eigenvalue weighted by molar-refractivity contribution is -0.122. The van der Waals surface area contributed by atoms with E-state index in [0.29, 0.717) is 17.0 Å². The van der Waals surface area contributed by atoms with Crippen molar-refractivity contribution >= 4 is 17.5 Å². The first kappa shape index (κ1) is 18.0. The summed E-state index contributed by atoms with van der Waals surface area (Å²) in [6.45, 7) is 5.30. The van der Waals surface area contributed by atoms with Crippen molar-refractivity contribution in [2.75, 3.05) is 18.4 Å². The molecule has 5 nitrogen and oxygen atoms in total. The number of nitrogens with one attached hydrogen (secondary N) is 1. The maximum absolute atomic E-state index is 12.5. The third-order valence-corrected chi connectivity index (χ3v) is 4.47. The fourth-order valence-electron chi connectivity index (χ4n) is 2.95. The summed E-state index contributed by atoms with van der Waals surface area (Å²) >= 11 is 0. The lowest BCUT2D eigenvalue weighted by Crippen LogP contribution is -2.30. The topological polar surface area (TPSA) is 58.6 Å². The van der Waals surface area contributed by atoms with Crippen molar-refractivity contribution in [3.05, 3.63) is 59.7 Å². The van der Waals surface area contributed by atoms with Crippen LogP contribution in [-0.2, 0) is 4.79 Å². The molecule has 1 saturated heterocycles. The van der Waals surface area contributed by atoms with Crippen LogP contribution in [0.25, 0.3) is 0 Å². The summed E-state index contributed by atoms with van der Waals surface area (Å²) in [7, 11) is 0. The van der Waals surface area contributed by atoms with E-state index in [1.165, 1.54) is 0 Å². The summed E-state index contributed by atoms with van der Waals surface area (Å²) in [5.74, 6) is 0.412. The molecular weight excluding hydrogens is 328 g/mol. The first-order valence-corrected chi connectivity index (χ1v) is 8.96. The number of hydrogen-bond acceptors (Lipinski definition) is 3. The molecule has 2 amide bonds. The van der Waals surface area contributed by atoms with E-state index in [-0.39, 0.29) is 11.8 Å². The van der Waals surface area contributed by atoms with E-state index in [4.69, 9.17) is 4.74 Å². The molecule has 5 heteroatoms. The van der Waals surface area contributed by atoms with Crippen molar-refractivity contribution in [3.8, 4) is 5.75 Å². The first-order chi connectivity index (χ1) is 12.5. The maximum Gasteiger partial charge on any atom is 0.265 e. The van der Waals surface area contributed by atoms with E-state index < -0.39 is 6.10 Å². The number of hydrogen-bond donors (Lipinski definition) is 1. The number of nitrogens with zero attached hydrogens (tertiary/aromatic N) is 1. The molecule has 26 heavy (non-hydrogen) atoms. The molecule has 0 aliphatic carbocycles. The molecule has 0 saturated carbocycles. The van der Waals surface area contributed by atoms with Crippen molar-refractivity contribution < 1.29 is 14.3 Å². The van der Waals surface area contributed by atoms with Gasteiger partial charge in [-0.05, 0) is 57.0 Å². The Morgan fingerprint density at radius 3 is 2.46 bits per heavy atom. The van der Waals surface area contributed by atoms with Crippen LogP contribution < -0.4 is 10.1 Å². The Labute approximate surface area is 154 Å². The van der Waals surface area contributed by atoms with Gasteiger partial charge in [-0.15, -0.1) is 0 Å². The molecule has 136 valence electrons. The molecule has 1 fully saturated rings.